The third-order valence-corrected chi connectivity index (χ3v) is 2.58. The first kappa shape index (κ1) is 12.2. The fourth-order valence-electron chi connectivity index (χ4n) is 1.23. The number of rotatable bonds is 3. The van der Waals surface area contributed by atoms with Gasteiger partial charge in [0.15, 0.2) is 0 Å². The monoisotopic (exact) mass is 271 g/mol. The van der Waals surface area contributed by atoms with Crippen LogP contribution in [0.2, 0.25) is 0 Å². The average molecular weight is 272 g/mol. The molecule has 0 spiro atoms. The molecule has 0 aliphatic carbocycles. The smallest absolute Gasteiger partial charge is 0.251 e. The highest BCUT2D eigenvalue weighted by molar-refractivity contribution is 9.10. The normalized spacial score (nSPS) is 12.3. The van der Waals surface area contributed by atoms with E-state index in [0.717, 1.165) is 10.0 Å². The third-order valence-electron chi connectivity index (χ3n) is 2.08. The van der Waals surface area contributed by atoms with Crippen LogP contribution in [-0.4, -0.2) is 23.7 Å². The van der Waals surface area contributed by atoms with Gasteiger partial charge in [0.05, 0.1) is 6.61 Å². The molecule has 0 aliphatic heterocycles. The van der Waals surface area contributed by atoms with E-state index in [-0.39, 0.29) is 18.6 Å². The molecule has 0 heterocycles. The van der Waals surface area contributed by atoms with Crippen LogP contribution in [0.3, 0.4) is 0 Å². The van der Waals surface area contributed by atoms with Gasteiger partial charge in [-0.25, -0.2) is 0 Å². The Kier molecular flexibility index (Phi) is 4.29. The van der Waals surface area contributed by atoms with E-state index in [2.05, 4.69) is 21.2 Å². The Balaban J connectivity index is 2.82. The van der Waals surface area contributed by atoms with Gasteiger partial charge in [-0.2, -0.15) is 0 Å². The fraction of sp³-hybridized carbons (Fsp3) is 0.364. The fourth-order valence-corrected chi connectivity index (χ4v) is 1.70. The van der Waals surface area contributed by atoms with E-state index in [1.165, 1.54) is 0 Å². The Hall–Kier alpha value is -0.870. The molecular weight excluding hydrogens is 258 g/mol. The average Bonchev–Trinajstić information content (AvgIpc) is 2.17. The van der Waals surface area contributed by atoms with E-state index in [9.17, 15) is 4.79 Å². The number of nitrogens with one attached hydrogen (secondary N) is 1. The third kappa shape index (κ3) is 3.32. The van der Waals surface area contributed by atoms with Crippen LogP contribution in [0.5, 0.6) is 0 Å². The van der Waals surface area contributed by atoms with Gasteiger partial charge in [-0.1, -0.05) is 15.9 Å². The maximum absolute atomic E-state index is 11.7. The molecule has 0 aromatic heterocycles. The van der Waals surface area contributed by atoms with Gasteiger partial charge in [0, 0.05) is 16.1 Å². The first-order chi connectivity index (χ1) is 7.04. The van der Waals surface area contributed by atoms with Gasteiger partial charge in [0.1, 0.15) is 0 Å². The van der Waals surface area contributed by atoms with Crippen LogP contribution in [-0.2, 0) is 0 Å². The van der Waals surface area contributed by atoms with Gasteiger partial charge >= 0.3 is 0 Å². The summed E-state index contributed by atoms with van der Waals surface area (Å²) in [7, 11) is 0. The minimum atomic E-state index is -0.222. The van der Waals surface area contributed by atoms with Crippen molar-refractivity contribution in [3.63, 3.8) is 0 Å². The quantitative estimate of drug-likeness (QED) is 0.882. The Morgan fingerprint density at radius 1 is 1.60 bits per heavy atom. The van der Waals surface area contributed by atoms with Crippen LogP contribution in [0.1, 0.15) is 22.8 Å². The van der Waals surface area contributed by atoms with E-state index in [1.807, 2.05) is 19.1 Å². The van der Waals surface area contributed by atoms with E-state index in [1.54, 1.807) is 13.0 Å². The van der Waals surface area contributed by atoms with Crippen LogP contribution >= 0.6 is 15.9 Å². The van der Waals surface area contributed by atoms with Crippen molar-refractivity contribution in [2.75, 3.05) is 6.61 Å². The van der Waals surface area contributed by atoms with Gasteiger partial charge in [-0.3, -0.25) is 4.79 Å². The molecule has 2 N–H and O–H groups in total. The highest BCUT2D eigenvalue weighted by atomic mass is 79.9. The summed E-state index contributed by atoms with van der Waals surface area (Å²) in [6, 6.07) is 5.25. The first-order valence-corrected chi connectivity index (χ1v) is 5.51. The number of carbonyl (C=O) groups excluding carboxylic acids is 1. The van der Waals surface area contributed by atoms with Crippen molar-refractivity contribution in [2.45, 2.75) is 19.9 Å². The minimum absolute atomic E-state index is 0.0543. The topological polar surface area (TPSA) is 49.3 Å². The molecule has 82 valence electrons. The van der Waals surface area contributed by atoms with E-state index < -0.39 is 0 Å². The zero-order valence-corrected chi connectivity index (χ0v) is 10.3. The summed E-state index contributed by atoms with van der Waals surface area (Å²) in [5.74, 6) is -0.151. The van der Waals surface area contributed by atoms with Crippen molar-refractivity contribution in [2.24, 2.45) is 0 Å². The van der Waals surface area contributed by atoms with Crippen molar-refractivity contribution in [3.05, 3.63) is 33.8 Å². The van der Waals surface area contributed by atoms with Crippen molar-refractivity contribution in [1.82, 2.24) is 5.32 Å². The summed E-state index contributed by atoms with van der Waals surface area (Å²) in [5, 5.41) is 11.5. The molecule has 1 atom stereocenters. The van der Waals surface area contributed by atoms with Crippen LogP contribution in [0, 0.1) is 6.92 Å². The second kappa shape index (κ2) is 5.28. The molecule has 1 aromatic rings. The lowest BCUT2D eigenvalue weighted by Gasteiger charge is -2.12. The Morgan fingerprint density at radius 3 is 2.80 bits per heavy atom. The summed E-state index contributed by atoms with van der Waals surface area (Å²) in [5.41, 5.74) is 1.55. The summed E-state index contributed by atoms with van der Waals surface area (Å²) >= 11 is 3.34. The molecule has 1 aromatic carbocycles. The number of benzene rings is 1. The summed E-state index contributed by atoms with van der Waals surface area (Å²) < 4.78 is 0.951. The number of aryl methyl sites for hydroxylation is 1. The highest BCUT2D eigenvalue weighted by Crippen LogP contribution is 2.15. The Labute approximate surface area is 97.6 Å². The molecule has 0 radical (unpaired) electrons. The first-order valence-electron chi connectivity index (χ1n) is 4.72. The molecule has 0 bridgehead atoms. The standard InChI is InChI=1S/C11H14BrNO2/c1-7-5-9(12)3-4-10(7)11(15)13-8(2)6-14/h3-5,8,14H,6H2,1-2H3,(H,13,15). The van der Waals surface area contributed by atoms with E-state index >= 15 is 0 Å². The number of amides is 1. The number of aliphatic hydroxyl groups excluding tert-OH is 1. The number of hydrogen-bond acceptors (Lipinski definition) is 2. The van der Waals surface area contributed by atoms with Gasteiger partial charge in [-0.05, 0) is 37.6 Å². The molecule has 0 fully saturated rings. The molecule has 1 unspecified atom stereocenters. The minimum Gasteiger partial charge on any atom is -0.394 e. The Morgan fingerprint density at radius 2 is 2.27 bits per heavy atom. The summed E-state index contributed by atoms with van der Waals surface area (Å²) in [6.45, 7) is 3.58. The van der Waals surface area contributed by atoms with Gasteiger partial charge in [0.2, 0.25) is 0 Å². The molecule has 0 saturated carbocycles. The van der Waals surface area contributed by atoms with Crippen LogP contribution in [0.4, 0.5) is 0 Å². The lowest BCUT2D eigenvalue weighted by molar-refractivity contribution is 0.0921. The van der Waals surface area contributed by atoms with Crippen molar-refractivity contribution >= 4 is 21.8 Å². The van der Waals surface area contributed by atoms with Crippen LogP contribution in [0.25, 0.3) is 0 Å². The number of carbonyl (C=O) groups is 1. The van der Waals surface area contributed by atoms with E-state index in [0.29, 0.717) is 5.56 Å². The summed E-state index contributed by atoms with van der Waals surface area (Å²) in [6.07, 6.45) is 0. The predicted octanol–water partition coefficient (Wildman–Crippen LogP) is 1.87. The highest BCUT2D eigenvalue weighted by Gasteiger charge is 2.11. The SMILES string of the molecule is Cc1cc(Br)ccc1C(=O)NC(C)CO. The largest absolute Gasteiger partial charge is 0.394 e. The number of hydrogen-bond donors (Lipinski definition) is 2. The second-order valence-electron chi connectivity index (χ2n) is 3.52. The van der Waals surface area contributed by atoms with Crippen molar-refractivity contribution < 1.29 is 9.90 Å². The maximum atomic E-state index is 11.7. The predicted molar refractivity (Wildman–Crippen MR) is 62.9 cm³/mol. The van der Waals surface area contributed by atoms with Crippen molar-refractivity contribution in [1.29, 1.82) is 0 Å². The molecule has 3 nitrogen and oxygen atoms in total. The second-order valence-corrected chi connectivity index (χ2v) is 4.43. The number of aliphatic hydroxyl groups is 1. The molecular formula is C11H14BrNO2. The lowest BCUT2D eigenvalue weighted by Crippen LogP contribution is -2.35. The van der Waals surface area contributed by atoms with Crippen molar-refractivity contribution in [3.8, 4) is 0 Å². The Bertz CT molecular complexity index is 366. The molecule has 15 heavy (non-hydrogen) atoms. The lowest BCUT2D eigenvalue weighted by atomic mass is 10.1. The molecule has 0 saturated heterocycles. The zero-order valence-electron chi connectivity index (χ0n) is 8.75. The maximum Gasteiger partial charge on any atom is 0.251 e. The van der Waals surface area contributed by atoms with E-state index in [4.69, 9.17) is 5.11 Å². The molecule has 0 aliphatic rings. The van der Waals surface area contributed by atoms with Gasteiger partial charge < -0.3 is 10.4 Å². The molecule has 4 heteroatoms. The summed E-state index contributed by atoms with van der Waals surface area (Å²) in [4.78, 5) is 11.7. The number of halogens is 1. The van der Waals surface area contributed by atoms with Gasteiger partial charge in [0.25, 0.3) is 5.91 Å². The molecule has 1 amide bonds. The zero-order chi connectivity index (χ0) is 11.4. The van der Waals surface area contributed by atoms with Gasteiger partial charge in [-0.15, -0.1) is 0 Å². The molecule has 1 rings (SSSR count). The van der Waals surface area contributed by atoms with Crippen LogP contribution in [0.15, 0.2) is 22.7 Å². The van der Waals surface area contributed by atoms with Crippen LogP contribution < -0.4 is 5.32 Å².